The third-order valence-corrected chi connectivity index (χ3v) is 2.91. The number of hydrogen-bond acceptors (Lipinski definition) is 4. The third kappa shape index (κ3) is 5.46. The zero-order valence-electron chi connectivity index (χ0n) is 10.7. The van der Waals surface area contributed by atoms with E-state index in [1.165, 1.54) is 0 Å². The van der Waals surface area contributed by atoms with Gasteiger partial charge in [-0.3, -0.25) is 9.69 Å². The molecule has 19 heavy (non-hydrogen) atoms. The molecule has 1 aromatic rings. The van der Waals surface area contributed by atoms with E-state index in [1.807, 2.05) is 0 Å². The molecule has 1 fully saturated rings. The van der Waals surface area contributed by atoms with Crippen molar-refractivity contribution in [3.8, 4) is 5.75 Å². The van der Waals surface area contributed by atoms with E-state index in [4.69, 9.17) is 9.84 Å². The molecule has 5 nitrogen and oxygen atoms in total. The van der Waals surface area contributed by atoms with Gasteiger partial charge in [0, 0.05) is 31.7 Å². The van der Waals surface area contributed by atoms with Crippen LogP contribution in [0.15, 0.2) is 24.3 Å². The summed E-state index contributed by atoms with van der Waals surface area (Å²) in [7, 11) is 0. The molecule has 0 spiro atoms. The summed E-state index contributed by atoms with van der Waals surface area (Å²) in [5, 5.41) is 11.9. The van der Waals surface area contributed by atoms with Gasteiger partial charge < -0.3 is 15.2 Å². The van der Waals surface area contributed by atoms with Gasteiger partial charge in [-0.2, -0.15) is 0 Å². The van der Waals surface area contributed by atoms with Crippen molar-refractivity contribution in [2.45, 2.75) is 6.42 Å². The van der Waals surface area contributed by atoms with Gasteiger partial charge in [0.05, 0.1) is 13.2 Å². The predicted octanol–water partition coefficient (Wildman–Crippen LogP) is 1.47. The highest BCUT2D eigenvalue weighted by Crippen LogP contribution is 2.13. The van der Waals surface area contributed by atoms with Crippen molar-refractivity contribution in [2.75, 3.05) is 38.2 Å². The highest BCUT2D eigenvalue weighted by Gasteiger charge is 2.11. The van der Waals surface area contributed by atoms with E-state index in [-0.39, 0.29) is 24.1 Å². The summed E-state index contributed by atoms with van der Waals surface area (Å²) in [6.45, 7) is 4.05. The molecule has 1 amide bonds. The van der Waals surface area contributed by atoms with Crippen molar-refractivity contribution >= 4 is 24.0 Å². The van der Waals surface area contributed by atoms with Gasteiger partial charge in [-0.25, -0.2) is 0 Å². The normalized spacial score (nSPS) is 15.6. The number of anilines is 1. The highest BCUT2D eigenvalue weighted by atomic mass is 35.5. The number of nitrogens with zero attached hydrogens (tertiary/aromatic N) is 1. The Kier molecular flexibility index (Phi) is 6.62. The number of phenols is 1. The van der Waals surface area contributed by atoms with Crippen molar-refractivity contribution < 1.29 is 14.6 Å². The number of nitrogens with one attached hydrogen (secondary N) is 1. The molecule has 2 N–H and O–H groups in total. The average Bonchev–Trinajstić information content (AvgIpc) is 2.40. The number of hydrogen-bond donors (Lipinski definition) is 2. The number of aromatic hydroxyl groups is 1. The Hall–Kier alpha value is -1.30. The second-order valence-electron chi connectivity index (χ2n) is 4.30. The first-order valence-corrected chi connectivity index (χ1v) is 6.13. The molecular weight excluding hydrogens is 268 g/mol. The van der Waals surface area contributed by atoms with Gasteiger partial charge in [0.25, 0.3) is 0 Å². The van der Waals surface area contributed by atoms with Gasteiger partial charge in [-0.15, -0.1) is 12.4 Å². The summed E-state index contributed by atoms with van der Waals surface area (Å²) >= 11 is 0. The minimum Gasteiger partial charge on any atom is -0.508 e. The van der Waals surface area contributed by atoms with Gasteiger partial charge in [-0.05, 0) is 24.3 Å². The van der Waals surface area contributed by atoms with Crippen LogP contribution in [0.2, 0.25) is 0 Å². The SMILES string of the molecule is Cl.O=C(CCN1CCOCC1)Nc1ccc(O)cc1. The Morgan fingerprint density at radius 1 is 1.26 bits per heavy atom. The maximum absolute atomic E-state index is 11.7. The van der Waals surface area contributed by atoms with Crippen LogP contribution in [0.4, 0.5) is 5.69 Å². The number of benzene rings is 1. The molecule has 0 aromatic heterocycles. The van der Waals surface area contributed by atoms with E-state index in [2.05, 4.69) is 10.2 Å². The summed E-state index contributed by atoms with van der Waals surface area (Å²) in [4.78, 5) is 13.9. The molecular formula is C13H19ClN2O3. The summed E-state index contributed by atoms with van der Waals surface area (Å²) in [6.07, 6.45) is 0.473. The molecule has 0 aliphatic carbocycles. The summed E-state index contributed by atoms with van der Waals surface area (Å²) in [5.41, 5.74) is 0.708. The molecule has 1 saturated heterocycles. The lowest BCUT2D eigenvalue weighted by molar-refractivity contribution is -0.116. The van der Waals surface area contributed by atoms with Gasteiger partial charge in [0.1, 0.15) is 5.75 Å². The van der Waals surface area contributed by atoms with Crippen LogP contribution in [-0.4, -0.2) is 48.8 Å². The number of phenolic OH excluding ortho intramolecular Hbond substituents is 1. The van der Waals surface area contributed by atoms with E-state index in [0.29, 0.717) is 12.1 Å². The number of carbonyl (C=O) groups is 1. The van der Waals surface area contributed by atoms with Gasteiger partial charge in [-0.1, -0.05) is 0 Å². The first-order valence-electron chi connectivity index (χ1n) is 6.13. The smallest absolute Gasteiger partial charge is 0.225 e. The molecule has 0 atom stereocenters. The minimum atomic E-state index is -0.00724. The molecule has 1 aromatic carbocycles. The Labute approximate surface area is 119 Å². The summed E-state index contributed by atoms with van der Waals surface area (Å²) < 4.78 is 5.25. The molecule has 6 heteroatoms. The predicted molar refractivity (Wildman–Crippen MR) is 75.9 cm³/mol. The lowest BCUT2D eigenvalue weighted by Crippen LogP contribution is -2.38. The van der Waals surface area contributed by atoms with E-state index >= 15 is 0 Å². The van der Waals surface area contributed by atoms with E-state index in [0.717, 1.165) is 32.8 Å². The zero-order chi connectivity index (χ0) is 12.8. The van der Waals surface area contributed by atoms with Gasteiger partial charge in [0.2, 0.25) is 5.91 Å². The largest absolute Gasteiger partial charge is 0.508 e. The quantitative estimate of drug-likeness (QED) is 0.823. The fourth-order valence-electron chi connectivity index (χ4n) is 1.85. The van der Waals surface area contributed by atoms with Gasteiger partial charge in [0.15, 0.2) is 0 Å². The number of halogens is 1. The first-order chi connectivity index (χ1) is 8.74. The van der Waals surface area contributed by atoms with Crippen LogP contribution in [0.1, 0.15) is 6.42 Å². The summed E-state index contributed by atoms with van der Waals surface area (Å²) in [5.74, 6) is 0.188. The third-order valence-electron chi connectivity index (χ3n) is 2.91. The second-order valence-corrected chi connectivity index (χ2v) is 4.30. The first kappa shape index (κ1) is 15.8. The van der Waals surface area contributed by atoms with Crippen LogP contribution in [-0.2, 0) is 9.53 Å². The standard InChI is InChI=1S/C13H18N2O3.ClH/c16-12-3-1-11(2-4-12)14-13(17)5-6-15-7-9-18-10-8-15;/h1-4,16H,5-10H2,(H,14,17);1H. The Balaban J connectivity index is 0.00000180. The minimum absolute atomic E-state index is 0. The molecule has 0 bridgehead atoms. The molecule has 1 aliphatic rings. The topological polar surface area (TPSA) is 61.8 Å². The lowest BCUT2D eigenvalue weighted by Gasteiger charge is -2.26. The Morgan fingerprint density at radius 3 is 2.53 bits per heavy atom. The van der Waals surface area contributed by atoms with Crippen molar-refractivity contribution in [1.82, 2.24) is 4.90 Å². The van der Waals surface area contributed by atoms with Crippen LogP contribution in [0.25, 0.3) is 0 Å². The van der Waals surface area contributed by atoms with Crippen molar-refractivity contribution in [1.29, 1.82) is 0 Å². The lowest BCUT2D eigenvalue weighted by atomic mass is 10.3. The van der Waals surface area contributed by atoms with E-state index < -0.39 is 0 Å². The Bertz CT molecular complexity index is 391. The summed E-state index contributed by atoms with van der Waals surface area (Å²) in [6, 6.07) is 6.47. The average molecular weight is 287 g/mol. The fraction of sp³-hybridized carbons (Fsp3) is 0.462. The van der Waals surface area contributed by atoms with Crippen LogP contribution in [0.5, 0.6) is 5.75 Å². The maximum atomic E-state index is 11.7. The molecule has 2 rings (SSSR count). The van der Waals surface area contributed by atoms with Gasteiger partial charge >= 0.3 is 0 Å². The van der Waals surface area contributed by atoms with Crippen LogP contribution in [0.3, 0.4) is 0 Å². The van der Waals surface area contributed by atoms with Crippen LogP contribution >= 0.6 is 12.4 Å². The number of morpholine rings is 1. The molecule has 1 aliphatic heterocycles. The monoisotopic (exact) mass is 286 g/mol. The van der Waals surface area contributed by atoms with Crippen molar-refractivity contribution in [3.63, 3.8) is 0 Å². The number of carbonyl (C=O) groups excluding carboxylic acids is 1. The molecule has 1 heterocycles. The van der Waals surface area contributed by atoms with E-state index in [9.17, 15) is 4.79 Å². The maximum Gasteiger partial charge on any atom is 0.225 e. The zero-order valence-corrected chi connectivity index (χ0v) is 11.5. The number of rotatable bonds is 4. The highest BCUT2D eigenvalue weighted by molar-refractivity contribution is 5.90. The Morgan fingerprint density at radius 2 is 1.89 bits per heavy atom. The number of ether oxygens (including phenoxy) is 1. The number of amides is 1. The van der Waals surface area contributed by atoms with Crippen molar-refractivity contribution in [3.05, 3.63) is 24.3 Å². The molecule has 0 radical (unpaired) electrons. The molecule has 0 saturated carbocycles. The van der Waals surface area contributed by atoms with Crippen LogP contribution in [0, 0.1) is 0 Å². The fourth-order valence-corrected chi connectivity index (χ4v) is 1.85. The van der Waals surface area contributed by atoms with Crippen LogP contribution < -0.4 is 5.32 Å². The van der Waals surface area contributed by atoms with Crippen molar-refractivity contribution in [2.24, 2.45) is 0 Å². The molecule has 0 unspecified atom stereocenters. The van der Waals surface area contributed by atoms with E-state index in [1.54, 1.807) is 24.3 Å². The molecule has 106 valence electrons. The second kappa shape index (κ2) is 7.99.